The van der Waals surface area contributed by atoms with Gasteiger partial charge in [-0.3, -0.25) is 0 Å². The topological polar surface area (TPSA) is 42.2 Å². The van der Waals surface area contributed by atoms with Crippen molar-refractivity contribution in [1.29, 1.82) is 0 Å². The molecule has 0 atom stereocenters. The lowest BCUT2D eigenvalue weighted by molar-refractivity contribution is 0.673. The summed E-state index contributed by atoms with van der Waals surface area (Å²) in [5, 5.41) is 6.74. The van der Waals surface area contributed by atoms with Gasteiger partial charge in [0.25, 0.3) is 0 Å². The SMILES string of the molecule is c1ccc(-c2cc(-c3cc(N(c4ccccc4)c4ccc(-c5cccc6ccccc56)cc4)cc4c3oc3c5ccccc5ccc43)nc(-c3ccccc3)n2)cc1. The van der Waals surface area contributed by atoms with Crippen molar-refractivity contribution in [2.45, 2.75) is 0 Å². The van der Waals surface area contributed by atoms with Crippen LogP contribution < -0.4 is 4.90 Å². The molecular weight excluding hydrogens is 707 g/mol. The average Bonchev–Trinajstić information content (AvgIpc) is 3.69. The normalized spacial score (nSPS) is 11.4. The summed E-state index contributed by atoms with van der Waals surface area (Å²) in [6.45, 7) is 0. The van der Waals surface area contributed by atoms with Gasteiger partial charge < -0.3 is 9.32 Å². The van der Waals surface area contributed by atoms with E-state index in [0.717, 1.165) is 77.9 Å². The van der Waals surface area contributed by atoms with E-state index < -0.39 is 0 Å². The first kappa shape index (κ1) is 33.5. The molecule has 2 heterocycles. The Balaban J connectivity index is 1.17. The molecule has 0 saturated heterocycles. The number of benzene rings is 9. The Morgan fingerprint density at radius 2 is 0.931 bits per heavy atom. The Bertz CT molecular complexity index is 3200. The summed E-state index contributed by atoms with van der Waals surface area (Å²) >= 11 is 0. The second-order valence-electron chi connectivity index (χ2n) is 14.6. The number of rotatable bonds is 7. The van der Waals surface area contributed by atoms with Crippen LogP contribution >= 0.6 is 0 Å². The molecule has 0 amide bonds. The van der Waals surface area contributed by atoms with Crippen molar-refractivity contribution in [3.05, 3.63) is 212 Å². The third-order valence-electron chi connectivity index (χ3n) is 11.0. The van der Waals surface area contributed by atoms with Gasteiger partial charge in [-0.2, -0.15) is 0 Å². The van der Waals surface area contributed by atoms with E-state index >= 15 is 0 Å². The summed E-state index contributed by atoms with van der Waals surface area (Å²) in [5.74, 6) is 0.654. The highest BCUT2D eigenvalue weighted by Gasteiger charge is 2.22. The first-order chi connectivity index (χ1) is 28.7. The number of hydrogen-bond donors (Lipinski definition) is 0. The van der Waals surface area contributed by atoms with Crippen LogP contribution in [0.5, 0.6) is 0 Å². The van der Waals surface area contributed by atoms with Crippen LogP contribution in [0.1, 0.15) is 0 Å². The largest absolute Gasteiger partial charge is 0.455 e. The Labute approximate surface area is 335 Å². The molecule has 0 fully saturated rings. The maximum absolute atomic E-state index is 7.01. The molecule has 4 nitrogen and oxygen atoms in total. The highest BCUT2D eigenvalue weighted by molar-refractivity contribution is 6.18. The minimum absolute atomic E-state index is 0.654. The smallest absolute Gasteiger partial charge is 0.160 e. The van der Waals surface area contributed by atoms with Gasteiger partial charge in [0.1, 0.15) is 11.2 Å². The zero-order valence-corrected chi connectivity index (χ0v) is 31.5. The van der Waals surface area contributed by atoms with Crippen LogP contribution in [0.25, 0.3) is 88.5 Å². The zero-order valence-electron chi connectivity index (χ0n) is 31.5. The lowest BCUT2D eigenvalue weighted by Gasteiger charge is -2.26. The molecule has 0 radical (unpaired) electrons. The van der Waals surface area contributed by atoms with Gasteiger partial charge in [-0.1, -0.05) is 164 Å². The third-order valence-corrected chi connectivity index (χ3v) is 11.0. The quantitative estimate of drug-likeness (QED) is 0.163. The minimum atomic E-state index is 0.654. The van der Waals surface area contributed by atoms with Crippen LogP contribution in [0, 0.1) is 0 Å². The third kappa shape index (κ3) is 5.87. The van der Waals surface area contributed by atoms with Crippen LogP contribution in [0.15, 0.2) is 217 Å². The molecule has 0 aliphatic carbocycles. The minimum Gasteiger partial charge on any atom is -0.455 e. The number of fused-ring (bicyclic) bond motifs is 6. The lowest BCUT2D eigenvalue weighted by atomic mass is 9.98. The van der Waals surface area contributed by atoms with Gasteiger partial charge in [0.15, 0.2) is 5.82 Å². The summed E-state index contributed by atoms with van der Waals surface area (Å²) in [7, 11) is 0. The molecule has 0 aliphatic heterocycles. The highest BCUT2D eigenvalue weighted by Crippen LogP contribution is 2.45. The molecule has 0 bridgehead atoms. The van der Waals surface area contributed by atoms with Crippen molar-refractivity contribution in [2.24, 2.45) is 0 Å². The first-order valence-corrected chi connectivity index (χ1v) is 19.6. The Morgan fingerprint density at radius 3 is 1.69 bits per heavy atom. The maximum atomic E-state index is 7.01. The van der Waals surface area contributed by atoms with Crippen molar-refractivity contribution < 1.29 is 4.42 Å². The van der Waals surface area contributed by atoms with Crippen LogP contribution in [0.3, 0.4) is 0 Å². The van der Waals surface area contributed by atoms with E-state index in [1.165, 1.54) is 21.9 Å². The summed E-state index contributed by atoms with van der Waals surface area (Å²) in [6, 6.07) is 74.4. The van der Waals surface area contributed by atoms with E-state index in [0.29, 0.717) is 5.82 Å². The van der Waals surface area contributed by atoms with E-state index in [9.17, 15) is 0 Å². The molecule has 272 valence electrons. The molecule has 0 saturated carbocycles. The fraction of sp³-hybridized carbons (Fsp3) is 0. The molecule has 4 heteroatoms. The Kier molecular flexibility index (Phi) is 8.11. The van der Waals surface area contributed by atoms with Crippen LogP contribution in [0.4, 0.5) is 17.1 Å². The number of hydrogen-bond acceptors (Lipinski definition) is 4. The Hall–Kier alpha value is -7.82. The van der Waals surface area contributed by atoms with E-state index in [-0.39, 0.29) is 0 Å². The number of nitrogens with zero attached hydrogens (tertiary/aromatic N) is 3. The van der Waals surface area contributed by atoms with Crippen LogP contribution in [0.2, 0.25) is 0 Å². The van der Waals surface area contributed by atoms with E-state index in [1.807, 2.05) is 36.4 Å². The molecule has 2 aromatic heterocycles. The van der Waals surface area contributed by atoms with Gasteiger partial charge in [0, 0.05) is 49.9 Å². The van der Waals surface area contributed by atoms with Crippen molar-refractivity contribution in [1.82, 2.24) is 9.97 Å². The molecule has 11 rings (SSSR count). The first-order valence-electron chi connectivity index (χ1n) is 19.6. The monoisotopic (exact) mass is 741 g/mol. The predicted molar refractivity (Wildman–Crippen MR) is 241 cm³/mol. The summed E-state index contributed by atoms with van der Waals surface area (Å²) in [6.07, 6.45) is 0. The predicted octanol–water partition coefficient (Wildman–Crippen LogP) is 14.8. The van der Waals surface area contributed by atoms with Crippen molar-refractivity contribution in [3.63, 3.8) is 0 Å². The highest BCUT2D eigenvalue weighted by atomic mass is 16.3. The Morgan fingerprint density at radius 1 is 0.328 bits per heavy atom. The molecule has 0 N–H and O–H groups in total. The molecule has 0 unspecified atom stereocenters. The van der Waals surface area contributed by atoms with Crippen LogP contribution in [-0.4, -0.2) is 9.97 Å². The fourth-order valence-corrected chi connectivity index (χ4v) is 8.26. The maximum Gasteiger partial charge on any atom is 0.160 e. The van der Waals surface area contributed by atoms with Crippen molar-refractivity contribution >= 4 is 60.5 Å². The van der Waals surface area contributed by atoms with E-state index in [1.54, 1.807) is 0 Å². The zero-order chi connectivity index (χ0) is 38.4. The van der Waals surface area contributed by atoms with Gasteiger partial charge in [-0.25, -0.2) is 9.97 Å². The van der Waals surface area contributed by atoms with Gasteiger partial charge in [0.2, 0.25) is 0 Å². The van der Waals surface area contributed by atoms with Crippen molar-refractivity contribution in [2.75, 3.05) is 4.90 Å². The molecule has 58 heavy (non-hydrogen) atoms. The lowest BCUT2D eigenvalue weighted by Crippen LogP contribution is -2.10. The van der Waals surface area contributed by atoms with Gasteiger partial charge in [-0.15, -0.1) is 0 Å². The number of aromatic nitrogens is 2. The van der Waals surface area contributed by atoms with Gasteiger partial charge >= 0.3 is 0 Å². The van der Waals surface area contributed by atoms with Crippen molar-refractivity contribution in [3.8, 4) is 45.0 Å². The second kappa shape index (κ2) is 14.0. The fourth-order valence-electron chi connectivity index (χ4n) is 8.26. The van der Waals surface area contributed by atoms with E-state index in [2.05, 4.69) is 181 Å². The molecule has 0 spiro atoms. The van der Waals surface area contributed by atoms with Crippen LogP contribution in [-0.2, 0) is 0 Å². The second-order valence-corrected chi connectivity index (χ2v) is 14.6. The number of anilines is 3. The van der Waals surface area contributed by atoms with Gasteiger partial charge in [-0.05, 0) is 75.8 Å². The summed E-state index contributed by atoms with van der Waals surface area (Å²) in [4.78, 5) is 12.8. The number of para-hydroxylation sites is 1. The van der Waals surface area contributed by atoms with Gasteiger partial charge in [0.05, 0.1) is 11.4 Å². The number of furan rings is 1. The molecular formula is C54H35N3O. The molecule has 0 aliphatic rings. The van der Waals surface area contributed by atoms with E-state index in [4.69, 9.17) is 14.4 Å². The summed E-state index contributed by atoms with van der Waals surface area (Å²) in [5.41, 5.74) is 11.6. The molecule has 11 aromatic rings. The molecule has 9 aromatic carbocycles. The standard InChI is InChI=1S/C54H35N3O/c1-4-17-39(18-5-1)50-35-51(56-54(55-50)40-19-6-2-7-20-40)49-34-43(33-48-47-32-29-37-16-11-13-25-46(37)52(47)58-53(48)49)57(41-22-8-3-9-23-41)42-30-27-38(28-31-42)45-26-14-21-36-15-10-12-24-44(36)45/h1-35H. The summed E-state index contributed by atoms with van der Waals surface area (Å²) < 4.78 is 7.01. The average molecular weight is 742 g/mol.